The molecule has 0 aromatic heterocycles. The van der Waals surface area contributed by atoms with Crippen LogP contribution in [0.4, 0.5) is 0 Å². The van der Waals surface area contributed by atoms with Crippen LogP contribution in [0, 0.1) is 0 Å². The first-order valence-corrected chi connectivity index (χ1v) is 17.7. The number of unbranched alkanes of at least 4 members (excludes halogenated alkanes) is 7. The van der Waals surface area contributed by atoms with Crippen LogP contribution in [0.25, 0.3) is 0 Å². The second kappa shape index (κ2) is 1.32. The van der Waals surface area contributed by atoms with Crippen LogP contribution in [0.2, 0.25) is 47.7 Å². The molecule has 0 aromatic carbocycles. The molecule has 130 valence electrons. The second-order valence-corrected chi connectivity index (χ2v) is 37.7. The fraction of sp³-hybridized carbons (Fsp3) is 1.00. The maximum atomic E-state index is 5.40. The number of hydrogen-bond acceptors (Lipinski definition) is 1. The molecule has 23 heavy (non-hydrogen) atoms. The van der Waals surface area contributed by atoms with E-state index in [2.05, 4.69) is 6.92 Å². The van der Waals surface area contributed by atoms with Crippen LogP contribution in [0.5, 0.6) is 0 Å². The van der Waals surface area contributed by atoms with E-state index in [1.807, 2.05) is 0 Å². The van der Waals surface area contributed by atoms with Gasteiger partial charge in [0.25, 0.3) is 0 Å². The molecule has 10 aliphatic rings. The van der Waals surface area contributed by atoms with Crippen molar-refractivity contribution in [3.8, 4) is 0 Å². The summed E-state index contributed by atoms with van der Waals surface area (Å²) in [5.41, 5.74) is 0. The first-order valence-electron chi connectivity index (χ1n) is 10.9. The minimum atomic E-state index is -2.81. The van der Waals surface area contributed by atoms with E-state index >= 15 is 0 Å². The average Bonchev–Trinajstić information content (AvgIpc) is 3.49. The van der Waals surface area contributed by atoms with Crippen molar-refractivity contribution < 1.29 is 6.51 Å². The van der Waals surface area contributed by atoms with E-state index in [0.717, 1.165) is 9.56 Å². The van der Waals surface area contributed by atoms with E-state index in [9.17, 15) is 0 Å². The molecule has 0 nitrogen and oxygen atoms in total. The quantitative estimate of drug-likeness (QED) is 0.228. The Morgan fingerprint density at radius 3 is 1.61 bits per heavy atom. The Morgan fingerprint density at radius 1 is 0.739 bits per heavy atom. The number of hydrogen-bond donors (Lipinski definition) is 1. The summed E-state index contributed by atoms with van der Waals surface area (Å²) in [6, 6.07) is 0. The molecule has 10 heterocycles. The first kappa shape index (κ1) is 11.6. The Kier molecular flexibility index (Phi) is 0.665. The van der Waals surface area contributed by atoms with Gasteiger partial charge in [-0.25, -0.2) is 0 Å². The van der Waals surface area contributed by atoms with Gasteiger partial charge in [0.15, 0.2) is 0 Å². The number of rotatable bonds is 10. The van der Waals surface area contributed by atoms with E-state index in [1.54, 1.807) is 0 Å². The van der Waals surface area contributed by atoms with Crippen molar-refractivity contribution in [1.29, 1.82) is 0 Å². The maximum absolute atomic E-state index is 5.40. The molecule has 0 aromatic rings. The Bertz CT molecular complexity index is 945. The molecule has 0 amide bonds. The van der Waals surface area contributed by atoms with Crippen molar-refractivity contribution in [2.75, 3.05) is 0 Å². The van der Waals surface area contributed by atoms with Gasteiger partial charge in [-0.2, -0.15) is 0 Å². The van der Waals surface area contributed by atoms with Gasteiger partial charge in [0.1, 0.15) is 0 Å². The summed E-state index contributed by atoms with van der Waals surface area (Å²) in [5.74, 6) is 0. The summed E-state index contributed by atoms with van der Waals surface area (Å²) >= 11 is 5.40. The summed E-state index contributed by atoms with van der Waals surface area (Å²) in [6.45, 7) is -0.496. The van der Waals surface area contributed by atoms with Crippen molar-refractivity contribution in [2.45, 2.75) is 118 Å². The van der Waals surface area contributed by atoms with Gasteiger partial charge in [0.2, 0.25) is 0 Å². The molecule has 10 aliphatic heterocycles. The fourth-order valence-corrected chi connectivity index (χ4v) is 96.8. The van der Waals surface area contributed by atoms with Crippen molar-refractivity contribution in [3.63, 3.8) is 0 Å². The van der Waals surface area contributed by atoms with Crippen LogP contribution < -0.4 is 0 Å². The second-order valence-electron chi connectivity index (χ2n) is 13.5. The van der Waals surface area contributed by atoms with E-state index in [0.29, 0.717) is 0 Å². The summed E-state index contributed by atoms with van der Waals surface area (Å²) in [7, 11) is 0. The standard InChI is InChI=1S/C16H27S.C5H5.Fe/c1-2-3-4-5-6-7-8-9-14-16(17)15-12-10-11-13-15;1-2-4-5-3-1;/h10-13,16-17H,2-9,14H2,1H3;1-5H;. The van der Waals surface area contributed by atoms with Crippen molar-refractivity contribution in [2.24, 2.45) is 0 Å². The van der Waals surface area contributed by atoms with Gasteiger partial charge in [0.05, 0.1) is 0 Å². The molecular weight excluding hydrogens is 340 g/mol. The molecule has 10 rings (SSSR count). The normalized spacial score (nSPS) is 92.7. The van der Waals surface area contributed by atoms with Gasteiger partial charge in [-0.3, -0.25) is 0 Å². The molecule has 10 fully saturated rings. The third kappa shape index (κ3) is 0.189. The van der Waals surface area contributed by atoms with Crippen LogP contribution in [0.1, 0.15) is 64.7 Å². The molecule has 5 atom stereocenters. The van der Waals surface area contributed by atoms with E-state index in [1.165, 1.54) is 101 Å². The van der Waals surface area contributed by atoms with Gasteiger partial charge in [-0.1, -0.05) is 0 Å². The third-order valence-corrected chi connectivity index (χ3v) is 61.2. The Labute approximate surface area is 136 Å². The molecular formula is C21H32FeS. The fourth-order valence-electron chi connectivity index (χ4n) is 19.0. The SMILES string of the molecule is CCCCCCCCCCC(S)[C]12[CH]3[CH]4[CH]5[CH]1[Fe]45321678[CH]2[CH]1[CH]6[CH]7[CH]28. The molecule has 0 radical (unpaired) electrons. The molecule has 0 aliphatic carbocycles. The van der Waals surface area contributed by atoms with Crippen LogP contribution in [0.3, 0.4) is 0 Å². The van der Waals surface area contributed by atoms with Gasteiger partial charge >= 0.3 is 137 Å². The van der Waals surface area contributed by atoms with E-state index in [-0.39, 0.29) is 0 Å². The van der Waals surface area contributed by atoms with Crippen LogP contribution >= 0.6 is 12.6 Å². The molecule has 5 unspecified atom stereocenters. The monoisotopic (exact) mass is 372 g/mol. The molecule has 1 spiro atoms. The summed E-state index contributed by atoms with van der Waals surface area (Å²) in [5, 5.41) is 0.900. The van der Waals surface area contributed by atoms with Gasteiger partial charge in [-0.15, -0.1) is 0 Å². The Balaban J connectivity index is 0.893. The number of fused-ring (bicyclic) bond motifs is 10. The van der Waals surface area contributed by atoms with E-state index < -0.39 is 6.51 Å². The van der Waals surface area contributed by atoms with Crippen molar-refractivity contribution >= 4 is 12.6 Å². The Hall–Kier alpha value is 0.869. The molecule has 0 bridgehead atoms. The minimum absolute atomic E-state index is 0.900. The summed E-state index contributed by atoms with van der Waals surface area (Å²) in [4.78, 5) is 13.4. The predicted octanol–water partition coefficient (Wildman–Crippen LogP) is 7.57. The van der Waals surface area contributed by atoms with Crippen molar-refractivity contribution in [1.82, 2.24) is 0 Å². The van der Waals surface area contributed by atoms with Crippen LogP contribution in [-0.2, 0) is 6.51 Å². The zero-order chi connectivity index (χ0) is 15.0. The molecule has 2 heteroatoms. The zero-order valence-electron chi connectivity index (χ0n) is 14.4. The van der Waals surface area contributed by atoms with Crippen molar-refractivity contribution in [3.05, 3.63) is 0 Å². The van der Waals surface area contributed by atoms with Crippen LogP contribution in [-0.4, -0.2) is 5.25 Å². The molecule has 0 N–H and O–H groups in total. The number of thiol groups is 1. The van der Waals surface area contributed by atoms with Crippen LogP contribution in [0.15, 0.2) is 0 Å². The van der Waals surface area contributed by atoms with E-state index in [4.69, 9.17) is 12.6 Å². The zero-order valence-corrected chi connectivity index (χ0v) is 16.4. The first-order chi connectivity index (χ1) is 11.0. The summed E-state index contributed by atoms with van der Waals surface area (Å²) < 4.78 is 1.06. The van der Waals surface area contributed by atoms with Gasteiger partial charge in [-0.05, 0) is 0 Å². The summed E-state index contributed by atoms with van der Waals surface area (Å²) in [6.07, 6.45) is 13.3. The Morgan fingerprint density at radius 2 is 1.22 bits per heavy atom. The molecule has 10 saturated heterocycles. The molecule has 0 saturated carbocycles. The predicted molar refractivity (Wildman–Crippen MR) is 96.4 cm³/mol. The third-order valence-electron chi connectivity index (χ3n) is 17.6. The average molecular weight is 372 g/mol. The van der Waals surface area contributed by atoms with Gasteiger partial charge < -0.3 is 0 Å². The van der Waals surface area contributed by atoms with Gasteiger partial charge in [0, 0.05) is 0 Å². The topological polar surface area (TPSA) is 0 Å².